The number of nitrogens with one attached hydrogen (secondary N) is 2. The standard InChI is InChI=1S/C24H22N4O/c29-24-21(20-5-1-2-7-23(20)27-24)15-26-18-8-10-19(11-9-18)28-14-12-17(16-28)22-6-3-4-13-25-22/h1-11,13,15,17,26H,12,14,16H2,(H,27,29). The van der Waals surface area contributed by atoms with Crippen LogP contribution >= 0.6 is 0 Å². The van der Waals surface area contributed by atoms with E-state index in [1.807, 2.05) is 36.5 Å². The fourth-order valence-corrected chi connectivity index (χ4v) is 4.06. The van der Waals surface area contributed by atoms with E-state index in [1.165, 1.54) is 11.4 Å². The number of rotatable bonds is 4. The van der Waals surface area contributed by atoms with Crippen molar-refractivity contribution in [3.63, 3.8) is 0 Å². The number of aromatic nitrogens is 1. The van der Waals surface area contributed by atoms with Gasteiger partial charge in [0, 0.05) is 59.7 Å². The molecule has 0 radical (unpaired) electrons. The molecule has 5 nitrogen and oxygen atoms in total. The highest BCUT2D eigenvalue weighted by atomic mass is 16.2. The van der Waals surface area contributed by atoms with E-state index in [0.29, 0.717) is 11.5 Å². The summed E-state index contributed by atoms with van der Waals surface area (Å²) < 4.78 is 0. The van der Waals surface area contributed by atoms with Gasteiger partial charge in [0.05, 0.1) is 5.57 Å². The molecule has 5 heteroatoms. The molecule has 0 spiro atoms. The molecule has 0 bridgehead atoms. The van der Waals surface area contributed by atoms with Crippen LogP contribution in [0.4, 0.5) is 17.1 Å². The molecule has 1 atom stereocenters. The maximum atomic E-state index is 12.2. The number of carbonyl (C=O) groups excluding carboxylic acids is 1. The second-order valence-electron chi connectivity index (χ2n) is 7.44. The van der Waals surface area contributed by atoms with Gasteiger partial charge < -0.3 is 15.5 Å². The van der Waals surface area contributed by atoms with E-state index in [9.17, 15) is 4.79 Å². The summed E-state index contributed by atoms with van der Waals surface area (Å²) in [5.74, 6) is 0.410. The lowest BCUT2D eigenvalue weighted by Crippen LogP contribution is -2.19. The van der Waals surface area contributed by atoms with Crippen LogP contribution in [-0.2, 0) is 4.79 Å². The Bertz CT molecular complexity index is 1060. The van der Waals surface area contributed by atoms with Crippen LogP contribution in [0, 0.1) is 0 Å². The molecular formula is C24H22N4O. The third-order valence-electron chi connectivity index (χ3n) is 5.62. The van der Waals surface area contributed by atoms with E-state index in [1.54, 1.807) is 6.20 Å². The molecule has 29 heavy (non-hydrogen) atoms. The Balaban J connectivity index is 1.26. The average Bonchev–Trinajstić information content (AvgIpc) is 3.38. The largest absolute Gasteiger partial charge is 0.371 e. The van der Waals surface area contributed by atoms with Gasteiger partial charge in [-0.05, 0) is 48.9 Å². The molecule has 1 aromatic heterocycles. The predicted octanol–water partition coefficient (Wildman–Crippen LogP) is 4.48. The maximum absolute atomic E-state index is 12.2. The monoisotopic (exact) mass is 382 g/mol. The van der Waals surface area contributed by atoms with Gasteiger partial charge in [-0.3, -0.25) is 9.78 Å². The summed E-state index contributed by atoms with van der Waals surface area (Å²) in [6, 6.07) is 22.2. The van der Waals surface area contributed by atoms with Gasteiger partial charge in [-0.15, -0.1) is 0 Å². The molecule has 2 aliphatic rings. The van der Waals surface area contributed by atoms with Gasteiger partial charge in [-0.1, -0.05) is 24.3 Å². The molecule has 144 valence electrons. The second kappa shape index (κ2) is 7.43. The number of hydrogen-bond acceptors (Lipinski definition) is 4. The fourth-order valence-electron chi connectivity index (χ4n) is 4.06. The minimum absolute atomic E-state index is 0.0760. The number of benzene rings is 2. The molecule has 1 saturated heterocycles. The van der Waals surface area contributed by atoms with Crippen LogP contribution < -0.4 is 15.5 Å². The van der Waals surface area contributed by atoms with Crippen LogP contribution in [0.15, 0.2) is 79.1 Å². The number of anilines is 3. The Morgan fingerprint density at radius 3 is 2.69 bits per heavy atom. The van der Waals surface area contributed by atoms with Crippen molar-refractivity contribution in [2.75, 3.05) is 28.6 Å². The summed E-state index contributed by atoms with van der Waals surface area (Å²) >= 11 is 0. The summed E-state index contributed by atoms with van der Waals surface area (Å²) in [4.78, 5) is 19.1. The Morgan fingerprint density at radius 1 is 1.03 bits per heavy atom. The second-order valence-corrected chi connectivity index (χ2v) is 7.44. The van der Waals surface area contributed by atoms with Crippen molar-refractivity contribution in [3.8, 4) is 0 Å². The van der Waals surface area contributed by atoms with E-state index in [0.717, 1.165) is 36.4 Å². The van der Waals surface area contributed by atoms with Gasteiger partial charge in [0.15, 0.2) is 0 Å². The molecule has 3 aromatic rings. The van der Waals surface area contributed by atoms with Crippen LogP contribution in [0.3, 0.4) is 0 Å². The fraction of sp³-hybridized carbons (Fsp3) is 0.167. The smallest absolute Gasteiger partial charge is 0.257 e. The minimum atomic E-state index is -0.0760. The first-order chi connectivity index (χ1) is 14.3. The molecule has 5 rings (SSSR count). The number of pyridine rings is 1. The van der Waals surface area contributed by atoms with E-state index in [2.05, 4.69) is 56.9 Å². The van der Waals surface area contributed by atoms with Crippen LogP contribution in [0.2, 0.25) is 0 Å². The average molecular weight is 382 g/mol. The van der Waals surface area contributed by atoms with Crippen molar-refractivity contribution in [1.29, 1.82) is 0 Å². The third-order valence-corrected chi connectivity index (χ3v) is 5.62. The number of carbonyl (C=O) groups is 1. The SMILES string of the molecule is O=C1Nc2ccccc2C1=CNc1ccc(N2CCC(c3ccccn3)C2)cc1. The first-order valence-electron chi connectivity index (χ1n) is 9.91. The van der Waals surface area contributed by atoms with E-state index in [4.69, 9.17) is 0 Å². The Labute approximate surface area is 170 Å². The summed E-state index contributed by atoms with van der Waals surface area (Å²) in [5, 5.41) is 6.15. The van der Waals surface area contributed by atoms with Crippen molar-refractivity contribution in [3.05, 3.63) is 90.4 Å². The number of para-hydroxylation sites is 1. The van der Waals surface area contributed by atoms with Gasteiger partial charge >= 0.3 is 0 Å². The first-order valence-corrected chi connectivity index (χ1v) is 9.91. The van der Waals surface area contributed by atoms with Crippen LogP contribution in [0.5, 0.6) is 0 Å². The van der Waals surface area contributed by atoms with Gasteiger partial charge in [-0.25, -0.2) is 0 Å². The minimum Gasteiger partial charge on any atom is -0.371 e. The zero-order valence-electron chi connectivity index (χ0n) is 16.0. The zero-order chi connectivity index (χ0) is 19.6. The molecule has 1 fully saturated rings. The van der Waals surface area contributed by atoms with Crippen molar-refractivity contribution in [1.82, 2.24) is 4.98 Å². The molecule has 2 aliphatic heterocycles. The predicted molar refractivity (Wildman–Crippen MR) is 117 cm³/mol. The molecule has 1 unspecified atom stereocenters. The summed E-state index contributed by atoms with van der Waals surface area (Å²) in [5.41, 5.74) is 5.79. The summed E-state index contributed by atoms with van der Waals surface area (Å²) in [6.45, 7) is 2.03. The number of amides is 1. The van der Waals surface area contributed by atoms with Crippen LogP contribution in [0.1, 0.15) is 23.6 Å². The van der Waals surface area contributed by atoms with Gasteiger partial charge in [0.25, 0.3) is 5.91 Å². The maximum Gasteiger partial charge on any atom is 0.257 e. The molecule has 0 aliphatic carbocycles. The molecular weight excluding hydrogens is 360 g/mol. The highest BCUT2D eigenvalue weighted by molar-refractivity contribution is 6.31. The lowest BCUT2D eigenvalue weighted by Gasteiger charge is -2.19. The van der Waals surface area contributed by atoms with Gasteiger partial charge in [0.2, 0.25) is 0 Å². The number of fused-ring (bicyclic) bond motifs is 1. The molecule has 2 aromatic carbocycles. The Hall–Kier alpha value is -3.60. The quantitative estimate of drug-likeness (QED) is 0.653. The third kappa shape index (κ3) is 3.47. The topological polar surface area (TPSA) is 57.3 Å². The van der Waals surface area contributed by atoms with Crippen LogP contribution in [-0.4, -0.2) is 24.0 Å². The van der Waals surface area contributed by atoms with Crippen molar-refractivity contribution >= 4 is 28.5 Å². The summed E-state index contributed by atoms with van der Waals surface area (Å²) in [7, 11) is 0. The summed E-state index contributed by atoms with van der Waals surface area (Å²) in [6.07, 6.45) is 4.77. The van der Waals surface area contributed by atoms with Crippen molar-refractivity contribution in [2.24, 2.45) is 0 Å². The lowest BCUT2D eigenvalue weighted by molar-refractivity contribution is -0.110. The molecule has 3 heterocycles. The van der Waals surface area contributed by atoms with E-state index >= 15 is 0 Å². The zero-order valence-corrected chi connectivity index (χ0v) is 16.0. The highest BCUT2D eigenvalue weighted by Gasteiger charge is 2.25. The van der Waals surface area contributed by atoms with Gasteiger partial charge in [0.1, 0.15) is 0 Å². The Kier molecular flexibility index (Phi) is 4.48. The molecule has 1 amide bonds. The van der Waals surface area contributed by atoms with Gasteiger partial charge in [-0.2, -0.15) is 0 Å². The van der Waals surface area contributed by atoms with E-state index < -0.39 is 0 Å². The van der Waals surface area contributed by atoms with E-state index in [-0.39, 0.29) is 5.91 Å². The number of nitrogens with zero attached hydrogens (tertiary/aromatic N) is 2. The first kappa shape index (κ1) is 17.5. The number of hydrogen-bond donors (Lipinski definition) is 2. The normalized spacial score (nSPS) is 19.3. The van der Waals surface area contributed by atoms with Crippen molar-refractivity contribution in [2.45, 2.75) is 12.3 Å². The van der Waals surface area contributed by atoms with Crippen molar-refractivity contribution < 1.29 is 4.79 Å². The van der Waals surface area contributed by atoms with Crippen LogP contribution in [0.25, 0.3) is 5.57 Å². The molecule has 2 N–H and O–H groups in total. The lowest BCUT2D eigenvalue weighted by atomic mass is 10.0. The highest BCUT2D eigenvalue weighted by Crippen LogP contribution is 2.32. The Morgan fingerprint density at radius 2 is 1.86 bits per heavy atom. The molecule has 0 saturated carbocycles.